The molecule has 0 aliphatic carbocycles. The average molecular weight is 422 g/mol. The maximum atomic E-state index is 12.6. The summed E-state index contributed by atoms with van der Waals surface area (Å²) < 4.78 is 27.6. The summed E-state index contributed by atoms with van der Waals surface area (Å²) >= 11 is 5.81. The van der Waals surface area contributed by atoms with Gasteiger partial charge >= 0.3 is 0 Å². The molecule has 28 heavy (non-hydrogen) atoms. The summed E-state index contributed by atoms with van der Waals surface area (Å²) in [5.74, 6) is 0.0864. The molecule has 0 atom stereocenters. The number of hydrazone groups is 1. The smallest absolute Gasteiger partial charge is 0.271 e. The highest BCUT2D eigenvalue weighted by atomic mass is 35.5. The van der Waals surface area contributed by atoms with Crippen molar-refractivity contribution in [2.75, 3.05) is 4.72 Å². The minimum atomic E-state index is -3.84. The number of nitrogens with zero attached hydrogens (tertiary/aromatic N) is 1. The lowest BCUT2D eigenvalue weighted by molar-refractivity contribution is 0.0954. The number of nitrogens with one attached hydrogen (secondary N) is 2. The van der Waals surface area contributed by atoms with Crippen LogP contribution in [0.25, 0.3) is 0 Å². The molecule has 0 radical (unpaired) electrons. The van der Waals surface area contributed by atoms with Crippen LogP contribution in [0.4, 0.5) is 5.69 Å². The van der Waals surface area contributed by atoms with Crippen LogP contribution in [0.2, 0.25) is 5.02 Å². The molecule has 0 unspecified atom stereocenters. The number of sulfonamides is 1. The molecule has 2 N–H and O–H groups in total. The van der Waals surface area contributed by atoms with Crippen LogP contribution in [-0.4, -0.2) is 20.0 Å². The van der Waals surface area contributed by atoms with Crippen molar-refractivity contribution < 1.29 is 13.2 Å². The van der Waals surface area contributed by atoms with E-state index in [-0.39, 0.29) is 10.5 Å². The van der Waals surface area contributed by atoms with Gasteiger partial charge in [-0.05, 0) is 68.1 Å². The van der Waals surface area contributed by atoms with Crippen LogP contribution in [0.3, 0.4) is 0 Å². The first-order valence-corrected chi connectivity index (χ1v) is 10.8. The van der Waals surface area contributed by atoms with Crippen LogP contribution in [0.1, 0.15) is 44.0 Å². The second-order valence-corrected chi connectivity index (χ2v) is 8.98. The van der Waals surface area contributed by atoms with E-state index in [0.29, 0.717) is 16.6 Å². The summed E-state index contributed by atoms with van der Waals surface area (Å²) in [6.07, 6.45) is 1.77. The van der Waals surface area contributed by atoms with Gasteiger partial charge in [0.1, 0.15) is 0 Å². The van der Waals surface area contributed by atoms with Crippen LogP contribution >= 0.6 is 11.6 Å². The van der Waals surface area contributed by atoms with Gasteiger partial charge in [0.25, 0.3) is 15.9 Å². The molecule has 0 spiro atoms. The van der Waals surface area contributed by atoms with Crippen molar-refractivity contribution in [3.63, 3.8) is 0 Å². The maximum Gasteiger partial charge on any atom is 0.271 e. The zero-order valence-corrected chi connectivity index (χ0v) is 17.6. The number of anilines is 1. The van der Waals surface area contributed by atoms with Gasteiger partial charge in [-0.3, -0.25) is 9.52 Å². The molecule has 0 aromatic heterocycles. The zero-order valence-electron chi connectivity index (χ0n) is 16.1. The summed E-state index contributed by atoms with van der Waals surface area (Å²) in [5, 5.41) is 4.59. The van der Waals surface area contributed by atoms with E-state index in [4.69, 9.17) is 11.6 Å². The van der Waals surface area contributed by atoms with Crippen LogP contribution < -0.4 is 10.1 Å². The third-order valence-electron chi connectivity index (χ3n) is 3.93. The fraction of sp³-hybridized carbons (Fsp3) is 0.300. The molecule has 8 heteroatoms. The fourth-order valence-electron chi connectivity index (χ4n) is 2.30. The summed E-state index contributed by atoms with van der Waals surface area (Å²) in [4.78, 5) is 12.3. The lowest BCUT2D eigenvalue weighted by atomic mass is 10.1. The van der Waals surface area contributed by atoms with Gasteiger partial charge in [-0.15, -0.1) is 0 Å². The lowest BCUT2D eigenvalue weighted by Gasteiger charge is -2.09. The Hall–Kier alpha value is -2.38. The van der Waals surface area contributed by atoms with E-state index >= 15 is 0 Å². The van der Waals surface area contributed by atoms with Gasteiger partial charge in [0.05, 0.1) is 4.90 Å². The summed E-state index contributed by atoms with van der Waals surface area (Å²) in [5.41, 5.74) is 3.88. The van der Waals surface area contributed by atoms with E-state index in [9.17, 15) is 13.2 Å². The SMILES string of the molecule is C/C(CCC(C)C)=N/NC(=O)c1cccc(S(=O)(=O)Nc2ccc(Cl)cc2)c1. The van der Waals surface area contributed by atoms with Crippen molar-refractivity contribution in [3.8, 4) is 0 Å². The number of hydrogen-bond donors (Lipinski definition) is 2. The molecular formula is C20H24ClN3O3S. The van der Waals surface area contributed by atoms with Crippen LogP contribution in [0.5, 0.6) is 0 Å². The zero-order chi connectivity index (χ0) is 20.7. The van der Waals surface area contributed by atoms with E-state index in [1.807, 2.05) is 6.92 Å². The molecule has 0 aliphatic heterocycles. The molecule has 6 nitrogen and oxygen atoms in total. The second kappa shape index (κ2) is 9.71. The topological polar surface area (TPSA) is 87.6 Å². The number of carbonyl (C=O) groups is 1. The molecule has 0 heterocycles. The Kier molecular flexibility index (Phi) is 7.60. The Morgan fingerprint density at radius 2 is 1.82 bits per heavy atom. The first kappa shape index (κ1) is 21.9. The monoisotopic (exact) mass is 421 g/mol. The summed E-state index contributed by atoms with van der Waals surface area (Å²) in [6.45, 7) is 6.09. The predicted octanol–water partition coefficient (Wildman–Crippen LogP) is 4.68. The quantitative estimate of drug-likeness (QED) is 0.479. The number of halogens is 1. The molecule has 0 fully saturated rings. The fourth-order valence-corrected chi connectivity index (χ4v) is 3.53. The summed E-state index contributed by atoms with van der Waals surface area (Å²) in [6, 6.07) is 12.1. The molecule has 2 aromatic carbocycles. The van der Waals surface area contributed by atoms with Crippen molar-refractivity contribution in [2.45, 2.75) is 38.5 Å². The van der Waals surface area contributed by atoms with Gasteiger partial charge < -0.3 is 0 Å². The van der Waals surface area contributed by atoms with Crippen molar-refractivity contribution in [1.82, 2.24) is 5.43 Å². The second-order valence-electron chi connectivity index (χ2n) is 6.86. The first-order chi connectivity index (χ1) is 13.2. The first-order valence-electron chi connectivity index (χ1n) is 8.89. The Balaban J connectivity index is 2.10. The van der Waals surface area contributed by atoms with Crippen molar-refractivity contribution in [2.24, 2.45) is 11.0 Å². The summed E-state index contributed by atoms with van der Waals surface area (Å²) in [7, 11) is -3.84. The van der Waals surface area contributed by atoms with Gasteiger partial charge in [-0.1, -0.05) is 31.5 Å². The normalized spacial score (nSPS) is 12.1. The third kappa shape index (κ3) is 6.65. The largest absolute Gasteiger partial charge is 0.280 e. The number of amides is 1. The maximum absolute atomic E-state index is 12.6. The van der Waals surface area contributed by atoms with Crippen molar-refractivity contribution in [1.29, 1.82) is 0 Å². The number of hydrogen-bond acceptors (Lipinski definition) is 4. The Labute approximate surface area is 171 Å². The highest BCUT2D eigenvalue weighted by molar-refractivity contribution is 7.92. The Morgan fingerprint density at radius 1 is 1.14 bits per heavy atom. The van der Waals surface area contributed by atoms with Gasteiger partial charge in [-0.2, -0.15) is 5.10 Å². The third-order valence-corrected chi connectivity index (χ3v) is 5.57. The van der Waals surface area contributed by atoms with E-state index in [1.54, 1.807) is 24.3 Å². The lowest BCUT2D eigenvalue weighted by Crippen LogP contribution is -2.20. The highest BCUT2D eigenvalue weighted by Crippen LogP contribution is 2.19. The van der Waals surface area contributed by atoms with E-state index in [0.717, 1.165) is 18.6 Å². The minimum absolute atomic E-state index is 0.0180. The van der Waals surface area contributed by atoms with Gasteiger partial charge in [-0.25, -0.2) is 13.8 Å². The molecule has 0 aliphatic rings. The van der Waals surface area contributed by atoms with Crippen LogP contribution in [0, 0.1) is 5.92 Å². The van der Waals surface area contributed by atoms with Gasteiger partial charge in [0, 0.05) is 22.0 Å². The van der Waals surface area contributed by atoms with Crippen molar-refractivity contribution >= 4 is 38.9 Å². The highest BCUT2D eigenvalue weighted by Gasteiger charge is 2.16. The Morgan fingerprint density at radius 3 is 2.46 bits per heavy atom. The molecule has 0 bridgehead atoms. The van der Waals surface area contributed by atoms with Gasteiger partial charge in [0.15, 0.2) is 0 Å². The average Bonchev–Trinajstić information content (AvgIpc) is 2.66. The predicted molar refractivity (Wildman–Crippen MR) is 113 cm³/mol. The number of benzene rings is 2. The van der Waals surface area contributed by atoms with Crippen LogP contribution in [0.15, 0.2) is 58.5 Å². The van der Waals surface area contributed by atoms with E-state index < -0.39 is 15.9 Å². The van der Waals surface area contributed by atoms with E-state index in [2.05, 4.69) is 29.1 Å². The molecule has 2 aromatic rings. The van der Waals surface area contributed by atoms with Crippen molar-refractivity contribution in [3.05, 3.63) is 59.1 Å². The Bertz CT molecular complexity index is 955. The molecular weight excluding hydrogens is 398 g/mol. The minimum Gasteiger partial charge on any atom is -0.280 e. The van der Waals surface area contributed by atoms with E-state index in [1.165, 1.54) is 24.3 Å². The molecule has 1 amide bonds. The number of carbonyl (C=O) groups excluding carboxylic acids is 1. The molecule has 2 rings (SSSR count). The standard InChI is InChI=1S/C20H24ClN3O3S/c1-14(2)7-8-15(3)22-23-20(25)16-5-4-6-19(13-16)28(26,27)24-18-11-9-17(21)10-12-18/h4-6,9-14,24H,7-8H2,1-3H3,(H,23,25)/b22-15-. The van der Waals surface area contributed by atoms with Gasteiger partial charge in [0.2, 0.25) is 0 Å². The number of rotatable bonds is 8. The molecule has 0 saturated carbocycles. The molecule has 0 saturated heterocycles. The van der Waals surface area contributed by atoms with Crippen LogP contribution in [-0.2, 0) is 10.0 Å². The molecule has 150 valence electrons.